The van der Waals surface area contributed by atoms with Gasteiger partial charge in [-0.3, -0.25) is 0 Å². The van der Waals surface area contributed by atoms with Gasteiger partial charge in [0.25, 0.3) is 0 Å². The molecule has 6 nitrogen and oxygen atoms in total. The molecule has 0 fully saturated rings. The molecule has 1 N–H and O–H groups in total. The quantitative estimate of drug-likeness (QED) is 0.325. The number of carboxylic acid groups (broad SMARTS) is 1. The largest absolute Gasteiger partial charge is 0.477 e. The SMILES string of the molecule is CCn1c(S/C(=C\c2cn(C)c3ccccc23)C(=O)O)nnc1-c1ccc(Cl)cc1. The molecule has 0 aliphatic carbocycles. The molecule has 152 valence electrons. The van der Waals surface area contributed by atoms with E-state index in [0.717, 1.165) is 33.8 Å². The summed E-state index contributed by atoms with van der Waals surface area (Å²) in [6, 6.07) is 15.2. The first-order valence-corrected chi connectivity index (χ1v) is 10.5. The van der Waals surface area contributed by atoms with Crippen molar-refractivity contribution in [2.24, 2.45) is 7.05 Å². The topological polar surface area (TPSA) is 72.9 Å². The van der Waals surface area contributed by atoms with E-state index in [2.05, 4.69) is 10.2 Å². The lowest BCUT2D eigenvalue weighted by Gasteiger charge is -2.08. The fourth-order valence-corrected chi connectivity index (χ4v) is 4.33. The average Bonchev–Trinajstić information content (AvgIpc) is 3.29. The molecule has 8 heteroatoms. The molecule has 30 heavy (non-hydrogen) atoms. The van der Waals surface area contributed by atoms with E-state index in [-0.39, 0.29) is 4.91 Å². The van der Waals surface area contributed by atoms with E-state index < -0.39 is 5.97 Å². The van der Waals surface area contributed by atoms with Crippen LogP contribution < -0.4 is 0 Å². The van der Waals surface area contributed by atoms with Crippen molar-refractivity contribution < 1.29 is 9.90 Å². The van der Waals surface area contributed by atoms with E-state index in [9.17, 15) is 9.90 Å². The number of thioether (sulfide) groups is 1. The van der Waals surface area contributed by atoms with Gasteiger partial charge in [0, 0.05) is 46.8 Å². The van der Waals surface area contributed by atoms with Crippen LogP contribution in [0, 0.1) is 0 Å². The van der Waals surface area contributed by atoms with Crippen LogP contribution in [0.4, 0.5) is 0 Å². The maximum absolute atomic E-state index is 12.0. The summed E-state index contributed by atoms with van der Waals surface area (Å²) < 4.78 is 3.88. The highest BCUT2D eigenvalue weighted by Crippen LogP contribution is 2.32. The molecule has 2 aromatic carbocycles. The summed E-state index contributed by atoms with van der Waals surface area (Å²) in [6.45, 7) is 2.58. The second-order valence-electron chi connectivity index (χ2n) is 6.69. The summed E-state index contributed by atoms with van der Waals surface area (Å²) in [7, 11) is 1.94. The second kappa shape index (κ2) is 8.38. The van der Waals surface area contributed by atoms with Gasteiger partial charge in [-0.05, 0) is 55.1 Å². The van der Waals surface area contributed by atoms with E-state index in [1.54, 1.807) is 18.2 Å². The molecular weight excluding hydrogens is 420 g/mol. The first kappa shape index (κ1) is 20.3. The third-order valence-electron chi connectivity index (χ3n) is 4.76. The van der Waals surface area contributed by atoms with Gasteiger partial charge in [-0.15, -0.1) is 10.2 Å². The Morgan fingerprint density at radius 1 is 1.17 bits per heavy atom. The van der Waals surface area contributed by atoms with Crippen LogP contribution >= 0.6 is 23.4 Å². The van der Waals surface area contributed by atoms with E-state index in [1.165, 1.54) is 0 Å². The van der Waals surface area contributed by atoms with E-state index >= 15 is 0 Å². The van der Waals surface area contributed by atoms with Gasteiger partial charge in [0.05, 0.1) is 0 Å². The maximum Gasteiger partial charge on any atom is 0.342 e. The highest BCUT2D eigenvalue weighted by atomic mass is 35.5. The number of halogens is 1. The number of fused-ring (bicyclic) bond motifs is 1. The van der Waals surface area contributed by atoms with Crippen LogP contribution in [0.15, 0.2) is 64.8 Å². The van der Waals surface area contributed by atoms with Crippen molar-refractivity contribution >= 4 is 46.3 Å². The van der Waals surface area contributed by atoms with Gasteiger partial charge < -0.3 is 14.2 Å². The van der Waals surface area contributed by atoms with Crippen molar-refractivity contribution in [2.45, 2.75) is 18.6 Å². The number of rotatable bonds is 6. The van der Waals surface area contributed by atoms with Gasteiger partial charge in [0.15, 0.2) is 11.0 Å². The molecule has 0 unspecified atom stereocenters. The van der Waals surface area contributed by atoms with E-state index in [1.807, 2.05) is 65.7 Å². The number of carboxylic acids is 1. The van der Waals surface area contributed by atoms with Crippen LogP contribution in [0.1, 0.15) is 12.5 Å². The lowest BCUT2D eigenvalue weighted by Crippen LogP contribution is -2.02. The Hall–Kier alpha value is -3.03. The maximum atomic E-state index is 12.0. The number of aryl methyl sites for hydroxylation is 1. The van der Waals surface area contributed by atoms with Gasteiger partial charge in [0.1, 0.15) is 4.91 Å². The zero-order valence-corrected chi connectivity index (χ0v) is 18.0. The summed E-state index contributed by atoms with van der Waals surface area (Å²) in [6.07, 6.45) is 3.61. The zero-order chi connectivity index (χ0) is 21.3. The van der Waals surface area contributed by atoms with Crippen molar-refractivity contribution in [1.82, 2.24) is 19.3 Å². The zero-order valence-electron chi connectivity index (χ0n) is 16.4. The Bertz CT molecular complexity index is 1260. The molecule has 0 bridgehead atoms. The Balaban J connectivity index is 1.73. The van der Waals surface area contributed by atoms with Crippen LogP contribution in [0.2, 0.25) is 5.02 Å². The molecule has 0 radical (unpaired) electrons. The Morgan fingerprint density at radius 3 is 2.60 bits per heavy atom. The van der Waals surface area contributed by atoms with Gasteiger partial charge in [-0.25, -0.2) is 4.79 Å². The molecule has 0 aliphatic rings. The molecule has 2 aromatic heterocycles. The number of hydrogen-bond donors (Lipinski definition) is 1. The fourth-order valence-electron chi connectivity index (χ4n) is 3.32. The molecule has 0 saturated heterocycles. The average molecular weight is 439 g/mol. The highest BCUT2D eigenvalue weighted by Gasteiger charge is 2.19. The highest BCUT2D eigenvalue weighted by molar-refractivity contribution is 8.04. The standard InChI is InChI=1S/C22H19ClN4O2S/c1-3-27-20(14-8-10-16(23)11-9-14)24-25-22(27)30-19(21(28)29)12-15-13-26(2)18-7-5-4-6-17(15)18/h4-13H,3H2,1-2H3,(H,28,29)/b19-12-. The lowest BCUT2D eigenvalue weighted by atomic mass is 10.1. The van der Waals surface area contributed by atoms with Crippen LogP contribution in [-0.4, -0.2) is 30.4 Å². The van der Waals surface area contributed by atoms with Crippen LogP contribution in [0.25, 0.3) is 28.4 Å². The van der Waals surface area contributed by atoms with Crippen LogP contribution in [0.3, 0.4) is 0 Å². The number of benzene rings is 2. The molecule has 0 amide bonds. The van der Waals surface area contributed by atoms with E-state index in [0.29, 0.717) is 22.5 Å². The number of aromatic nitrogens is 4. The molecular formula is C22H19ClN4O2S. The minimum Gasteiger partial charge on any atom is -0.477 e. The Morgan fingerprint density at radius 2 is 1.90 bits per heavy atom. The van der Waals surface area contributed by atoms with Gasteiger partial charge in [-0.2, -0.15) is 0 Å². The number of hydrogen-bond acceptors (Lipinski definition) is 4. The number of carbonyl (C=O) groups is 1. The third kappa shape index (κ3) is 3.86. The first-order valence-electron chi connectivity index (χ1n) is 9.34. The monoisotopic (exact) mass is 438 g/mol. The molecule has 4 aromatic rings. The van der Waals surface area contributed by atoms with E-state index in [4.69, 9.17) is 11.6 Å². The third-order valence-corrected chi connectivity index (χ3v) is 6.01. The van der Waals surface area contributed by atoms with Crippen molar-refractivity contribution in [3.05, 3.63) is 70.2 Å². The smallest absolute Gasteiger partial charge is 0.342 e. The summed E-state index contributed by atoms with van der Waals surface area (Å²) in [4.78, 5) is 12.2. The molecule has 4 rings (SSSR count). The predicted molar refractivity (Wildman–Crippen MR) is 121 cm³/mol. The first-order chi connectivity index (χ1) is 14.5. The normalized spacial score (nSPS) is 11.9. The van der Waals surface area contributed by atoms with Crippen LogP contribution in [-0.2, 0) is 18.4 Å². The molecule has 0 atom stereocenters. The number of para-hydroxylation sites is 1. The van der Waals surface area contributed by atoms with Crippen molar-refractivity contribution in [1.29, 1.82) is 0 Å². The summed E-state index contributed by atoms with van der Waals surface area (Å²) in [5.41, 5.74) is 2.76. The Labute approximate surface area is 182 Å². The van der Waals surface area contributed by atoms with Gasteiger partial charge in [0.2, 0.25) is 0 Å². The minimum absolute atomic E-state index is 0.177. The predicted octanol–water partition coefficient (Wildman–Crippen LogP) is 5.33. The fraction of sp³-hybridized carbons (Fsp3) is 0.136. The minimum atomic E-state index is -1.01. The van der Waals surface area contributed by atoms with Crippen molar-refractivity contribution in [3.8, 4) is 11.4 Å². The van der Waals surface area contributed by atoms with Crippen molar-refractivity contribution in [2.75, 3.05) is 0 Å². The molecule has 0 spiro atoms. The Kier molecular flexibility index (Phi) is 5.65. The van der Waals surface area contributed by atoms with Crippen molar-refractivity contribution in [3.63, 3.8) is 0 Å². The second-order valence-corrected chi connectivity index (χ2v) is 8.13. The molecule has 2 heterocycles. The summed E-state index contributed by atoms with van der Waals surface area (Å²) in [5.74, 6) is -0.335. The molecule has 0 saturated carbocycles. The summed E-state index contributed by atoms with van der Waals surface area (Å²) in [5, 5.41) is 20.5. The lowest BCUT2D eigenvalue weighted by molar-refractivity contribution is -0.131. The molecule has 0 aliphatic heterocycles. The number of nitrogens with zero attached hydrogens (tertiary/aromatic N) is 4. The number of aliphatic carboxylic acids is 1. The van der Waals surface area contributed by atoms with Gasteiger partial charge in [-0.1, -0.05) is 29.8 Å². The van der Waals surface area contributed by atoms with Gasteiger partial charge >= 0.3 is 5.97 Å². The summed E-state index contributed by atoms with van der Waals surface area (Å²) >= 11 is 7.08. The van der Waals surface area contributed by atoms with Crippen LogP contribution in [0.5, 0.6) is 0 Å².